The molecule has 218 valence electrons. The Morgan fingerprint density at radius 2 is 1.71 bits per heavy atom. The molecular weight excluding hydrogens is 566 g/mol. The average molecular weight is 589 g/mol. The molecule has 1 aliphatic carbocycles. The second-order valence-corrected chi connectivity index (χ2v) is 10.2. The van der Waals surface area contributed by atoms with Crippen LogP contribution in [0.4, 0.5) is 26.3 Å². The van der Waals surface area contributed by atoms with Crippen molar-refractivity contribution in [3.63, 3.8) is 0 Å². The zero-order valence-corrected chi connectivity index (χ0v) is 21.7. The van der Waals surface area contributed by atoms with Gasteiger partial charge in [-0.05, 0) is 65.4 Å². The van der Waals surface area contributed by atoms with E-state index in [1.807, 2.05) is 0 Å². The highest BCUT2D eigenvalue weighted by molar-refractivity contribution is 5.75. The number of fused-ring (bicyclic) bond motifs is 2. The molecule has 2 heterocycles. The molecule has 0 bridgehead atoms. The van der Waals surface area contributed by atoms with E-state index in [1.165, 1.54) is 30.3 Å². The molecule has 1 aliphatic heterocycles. The predicted octanol–water partition coefficient (Wildman–Crippen LogP) is 7.59. The van der Waals surface area contributed by atoms with Gasteiger partial charge in [0.15, 0.2) is 5.69 Å². The van der Waals surface area contributed by atoms with Gasteiger partial charge in [0.1, 0.15) is 17.6 Å². The van der Waals surface area contributed by atoms with Gasteiger partial charge >= 0.3 is 18.3 Å². The summed E-state index contributed by atoms with van der Waals surface area (Å²) in [5, 5.41) is 12.6. The Bertz CT molecular complexity index is 1660. The number of hydrogen-bond donors (Lipinski definition) is 1. The third kappa shape index (κ3) is 5.17. The summed E-state index contributed by atoms with van der Waals surface area (Å²) in [5.41, 5.74) is 0.499. The van der Waals surface area contributed by atoms with Crippen LogP contribution in [0.15, 0.2) is 66.9 Å². The zero-order valence-electron chi connectivity index (χ0n) is 21.7. The van der Waals surface area contributed by atoms with E-state index < -0.39 is 35.7 Å². The van der Waals surface area contributed by atoms with Crippen molar-refractivity contribution in [2.75, 3.05) is 6.61 Å². The summed E-state index contributed by atoms with van der Waals surface area (Å²) in [6.07, 6.45) is -7.98. The minimum atomic E-state index is -4.64. The molecule has 0 fully saturated rings. The van der Waals surface area contributed by atoms with Gasteiger partial charge in [-0.3, -0.25) is 4.79 Å². The summed E-state index contributed by atoms with van der Waals surface area (Å²) in [5.74, 6) is -0.232. The smallest absolute Gasteiger partial charge is 0.435 e. The minimum Gasteiger partial charge on any atom is -0.492 e. The van der Waals surface area contributed by atoms with Crippen LogP contribution in [-0.4, -0.2) is 27.5 Å². The van der Waals surface area contributed by atoms with Crippen molar-refractivity contribution >= 4 is 5.97 Å². The molecule has 2 atom stereocenters. The van der Waals surface area contributed by atoms with E-state index in [-0.39, 0.29) is 35.8 Å². The molecular formula is C30H22F6N2O4. The summed E-state index contributed by atoms with van der Waals surface area (Å²) < 4.78 is 94.1. The summed E-state index contributed by atoms with van der Waals surface area (Å²) >= 11 is 0. The Morgan fingerprint density at radius 1 is 0.976 bits per heavy atom. The summed E-state index contributed by atoms with van der Waals surface area (Å²) in [4.78, 5) is 11.1. The quantitative estimate of drug-likeness (QED) is 0.235. The lowest BCUT2D eigenvalue weighted by Gasteiger charge is -2.20. The number of benzene rings is 3. The molecule has 6 nitrogen and oxygen atoms in total. The van der Waals surface area contributed by atoms with E-state index in [9.17, 15) is 31.1 Å². The van der Waals surface area contributed by atoms with Crippen LogP contribution in [0.5, 0.6) is 11.5 Å². The van der Waals surface area contributed by atoms with Gasteiger partial charge in [0, 0.05) is 23.7 Å². The van der Waals surface area contributed by atoms with Crippen molar-refractivity contribution in [2.45, 2.75) is 43.6 Å². The number of ether oxygens (including phenoxy) is 2. The maximum Gasteiger partial charge on any atom is 0.435 e. The number of aromatic nitrogens is 2. The fourth-order valence-electron chi connectivity index (χ4n) is 5.63. The Balaban J connectivity index is 1.30. The normalized spacial score (nSPS) is 18.0. The Morgan fingerprint density at radius 3 is 2.38 bits per heavy atom. The first-order valence-corrected chi connectivity index (χ1v) is 13.0. The van der Waals surface area contributed by atoms with Gasteiger partial charge in [-0.2, -0.15) is 31.4 Å². The van der Waals surface area contributed by atoms with Crippen molar-refractivity contribution in [3.8, 4) is 28.3 Å². The van der Waals surface area contributed by atoms with E-state index in [4.69, 9.17) is 14.6 Å². The van der Waals surface area contributed by atoms with Crippen LogP contribution >= 0.6 is 0 Å². The molecule has 1 aromatic heterocycles. The molecule has 12 heteroatoms. The first-order valence-electron chi connectivity index (χ1n) is 13.0. The third-order valence-electron chi connectivity index (χ3n) is 7.52. The van der Waals surface area contributed by atoms with Crippen LogP contribution in [0.1, 0.15) is 52.8 Å². The number of carboxylic acids is 1. The van der Waals surface area contributed by atoms with Gasteiger partial charge in [0.2, 0.25) is 0 Å². The molecule has 42 heavy (non-hydrogen) atoms. The highest BCUT2D eigenvalue weighted by Gasteiger charge is 2.38. The first kappa shape index (κ1) is 27.7. The second-order valence-electron chi connectivity index (χ2n) is 10.2. The Kier molecular flexibility index (Phi) is 6.66. The van der Waals surface area contributed by atoms with Crippen LogP contribution < -0.4 is 9.47 Å². The molecule has 0 saturated carbocycles. The number of carbonyl (C=O) groups is 1. The first-order chi connectivity index (χ1) is 19.9. The van der Waals surface area contributed by atoms with Crippen molar-refractivity contribution in [1.29, 1.82) is 0 Å². The maximum absolute atomic E-state index is 14.1. The lowest BCUT2D eigenvalue weighted by Crippen LogP contribution is -2.10. The fourth-order valence-corrected chi connectivity index (χ4v) is 5.63. The number of rotatable bonds is 6. The van der Waals surface area contributed by atoms with E-state index in [0.717, 1.165) is 28.6 Å². The minimum absolute atomic E-state index is 0.00268. The largest absolute Gasteiger partial charge is 0.492 e. The number of hydrogen-bond acceptors (Lipinski definition) is 4. The molecule has 4 aromatic rings. The maximum atomic E-state index is 14.1. The highest BCUT2D eigenvalue weighted by Crippen LogP contribution is 2.47. The van der Waals surface area contributed by atoms with Gasteiger partial charge in [-0.15, -0.1) is 0 Å². The van der Waals surface area contributed by atoms with Crippen LogP contribution in [-0.2, 0) is 23.6 Å². The average Bonchev–Trinajstić information content (AvgIpc) is 3.67. The Labute approximate surface area is 235 Å². The van der Waals surface area contributed by atoms with Gasteiger partial charge in [-0.1, -0.05) is 24.3 Å². The lowest BCUT2D eigenvalue weighted by molar-refractivity contribution is -0.141. The number of alkyl halides is 6. The van der Waals surface area contributed by atoms with Crippen molar-refractivity contribution in [1.82, 2.24) is 9.78 Å². The lowest BCUT2D eigenvalue weighted by atomic mass is 9.91. The van der Waals surface area contributed by atoms with Gasteiger partial charge in [-0.25, -0.2) is 4.68 Å². The van der Waals surface area contributed by atoms with E-state index in [2.05, 4.69) is 5.10 Å². The predicted molar refractivity (Wildman–Crippen MR) is 138 cm³/mol. The topological polar surface area (TPSA) is 73.6 Å². The van der Waals surface area contributed by atoms with E-state index in [1.54, 1.807) is 18.2 Å². The monoisotopic (exact) mass is 588 g/mol. The van der Waals surface area contributed by atoms with Crippen LogP contribution in [0.3, 0.4) is 0 Å². The summed E-state index contributed by atoms with van der Waals surface area (Å²) in [6.45, 7) is 0.240. The fraction of sp³-hybridized carbons (Fsp3) is 0.267. The second kappa shape index (κ2) is 10.1. The van der Waals surface area contributed by atoms with Crippen molar-refractivity contribution in [2.24, 2.45) is 0 Å². The van der Waals surface area contributed by atoms with Crippen molar-refractivity contribution in [3.05, 3.63) is 94.8 Å². The van der Waals surface area contributed by atoms with E-state index >= 15 is 0 Å². The molecule has 0 radical (unpaired) electrons. The van der Waals surface area contributed by atoms with Crippen molar-refractivity contribution < 1.29 is 45.7 Å². The molecule has 0 spiro atoms. The SMILES string of the molecule is O=C(O)C[C@@H]1COc2cc(O[C@@H]3CCc4c3ccc(C(F)(F)F)c4-c3ccc(-n4ccc(C(F)(F)F)n4)cc3)ccc21. The zero-order chi connectivity index (χ0) is 29.8. The summed E-state index contributed by atoms with van der Waals surface area (Å²) in [6, 6.07) is 14.1. The molecule has 1 N–H and O–H groups in total. The standard InChI is InChI=1S/C30H22F6N2O4/c31-29(32,33)23-9-7-21-22(28(23)16-1-3-18(4-2-16)38-12-11-26(37-38)30(34,35)36)8-10-24(21)42-19-5-6-20-17(13-27(39)40)15-41-25(20)14-19/h1-7,9,11-12,14,17,24H,8,10,13,15H2,(H,39,40)/t17-,24-/m1/s1. The Hall–Kier alpha value is -4.48. The summed E-state index contributed by atoms with van der Waals surface area (Å²) in [7, 11) is 0. The molecule has 0 unspecified atom stereocenters. The van der Waals surface area contributed by atoms with Crippen LogP contribution in [0, 0.1) is 0 Å². The third-order valence-corrected chi connectivity index (χ3v) is 7.52. The molecule has 2 aliphatic rings. The molecule has 0 saturated heterocycles. The van der Waals surface area contributed by atoms with Crippen LogP contribution in [0.2, 0.25) is 0 Å². The number of carboxylic acid groups (broad SMARTS) is 1. The molecule has 6 rings (SSSR count). The van der Waals surface area contributed by atoms with E-state index in [0.29, 0.717) is 35.5 Å². The van der Waals surface area contributed by atoms with Gasteiger partial charge in [0.25, 0.3) is 0 Å². The number of aliphatic carboxylic acids is 1. The van der Waals surface area contributed by atoms with Crippen LogP contribution in [0.25, 0.3) is 16.8 Å². The van der Waals surface area contributed by atoms with Gasteiger partial charge in [0.05, 0.1) is 24.3 Å². The number of halogens is 6. The number of nitrogens with zero attached hydrogens (tertiary/aromatic N) is 2. The highest BCUT2D eigenvalue weighted by atomic mass is 19.4. The molecule has 0 amide bonds. The molecule has 3 aromatic carbocycles. The van der Waals surface area contributed by atoms with Gasteiger partial charge < -0.3 is 14.6 Å².